The van der Waals surface area contributed by atoms with E-state index in [4.69, 9.17) is 11.6 Å². The molecule has 4 rings (SSSR count). The topological polar surface area (TPSA) is 82.7 Å². The number of nitrogens with one attached hydrogen (secondary N) is 3. The fourth-order valence-corrected chi connectivity index (χ4v) is 3.49. The van der Waals surface area contributed by atoms with Gasteiger partial charge < -0.3 is 15.6 Å². The maximum Gasteiger partial charge on any atom is 0.242 e. The predicted molar refractivity (Wildman–Crippen MR) is 98.7 cm³/mol. The molecule has 7 heteroatoms. The number of fused-ring (bicyclic) bond motifs is 2. The zero-order valence-corrected chi connectivity index (χ0v) is 14.7. The molecule has 0 saturated heterocycles. The van der Waals surface area contributed by atoms with Crippen LogP contribution >= 0.6 is 11.6 Å². The summed E-state index contributed by atoms with van der Waals surface area (Å²) in [4.78, 5) is 24.5. The Morgan fingerprint density at radius 3 is 3.04 bits per heavy atom. The summed E-state index contributed by atoms with van der Waals surface area (Å²) < 4.78 is 0. The van der Waals surface area contributed by atoms with Crippen molar-refractivity contribution in [3.8, 4) is 11.4 Å². The molecule has 0 saturated carbocycles. The molecule has 0 aliphatic carbocycles. The lowest BCUT2D eigenvalue weighted by atomic mass is 9.90. The van der Waals surface area contributed by atoms with E-state index in [1.54, 1.807) is 7.05 Å². The van der Waals surface area contributed by atoms with Crippen LogP contribution in [0.4, 0.5) is 5.82 Å². The summed E-state index contributed by atoms with van der Waals surface area (Å²) in [6.07, 6.45) is 4.48. The number of amides is 1. The number of hydrogen-bond acceptors (Lipinski definition) is 4. The molecule has 1 aliphatic rings. The summed E-state index contributed by atoms with van der Waals surface area (Å²) in [7, 11) is 1.65. The summed E-state index contributed by atoms with van der Waals surface area (Å²) in [6.45, 7) is 2.05. The molecule has 1 amide bonds. The van der Waals surface area contributed by atoms with Crippen LogP contribution < -0.4 is 10.6 Å². The van der Waals surface area contributed by atoms with Crippen LogP contribution in [0.5, 0.6) is 0 Å². The summed E-state index contributed by atoms with van der Waals surface area (Å²) >= 11 is 6.12. The molecule has 0 bridgehead atoms. The fraction of sp³-hybridized carbons (Fsp3) is 0.278. The van der Waals surface area contributed by atoms with Gasteiger partial charge in [0.2, 0.25) is 5.91 Å². The molecule has 2 atom stereocenters. The summed E-state index contributed by atoms with van der Waals surface area (Å²) in [5, 5.41) is 7.60. The van der Waals surface area contributed by atoms with Gasteiger partial charge in [0.1, 0.15) is 11.9 Å². The number of carbonyl (C=O) groups is 1. The van der Waals surface area contributed by atoms with E-state index in [1.165, 1.54) is 0 Å². The van der Waals surface area contributed by atoms with Crippen LogP contribution in [0.25, 0.3) is 22.3 Å². The standard InChI is InChI=1S/C18H18ClN5O/c1-9-5-10-7-22-17(24-16(10)23-15(9)18(25)20-2)13-8-21-14-4-3-11(19)6-12(13)14/h3-4,6-9,15,21H,5H2,1-2H3,(H,20,25)(H,22,23,24)/t9?,15-/m0/s1. The molecule has 0 spiro atoms. The van der Waals surface area contributed by atoms with Crippen molar-refractivity contribution in [2.24, 2.45) is 5.92 Å². The predicted octanol–water partition coefficient (Wildman–Crippen LogP) is 3.00. The first-order valence-electron chi connectivity index (χ1n) is 8.18. The van der Waals surface area contributed by atoms with Crippen molar-refractivity contribution in [3.05, 3.63) is 41.2 Å². The largest absolute Gasteiger partial charge is 0.360 e. The molecule has 0 fully saturated rings. The minimum Gasteiger partial charge on any atom is -0.360 e. The Kier molecular flexibility index (Phi) is 3.84. The van der Waals surface area contributed by atoms with Crippen LogP contribution in [-0.4, -0.2) is 33.9 Å². The number of halogens is 1. The third kappa shape index (κ3) is 2.72. The van der Waals surface area contributed by atoms with Crippen LogP contribution in [-0.2, 0) is 11.2 Å². The van der Waals surface area contributed by atoms with Crippen molar-refractivity contribution in [2.75, 3.05) is 12.4 Å². The van der Waals surface area contributed by atoms with E-state index in [-0.39, 0.29) is 17.9 Å². The van der Waals surface area contributed by atoms with Crippen molar-refractivity contribution >= 4 is 34.2 Å². The molecule has 1 aliphatic heterocycles. The van der Waals surface area contributed by atoms with Gasteiger partial charge >= 0.3 is 0 Å². The van der Waals surface area contributed by atoms with Crippen molar-refractivity contribution in [2.45, 2.75) is 19.4 Å². The SMILES string of the molecule is CNC(=O)[C@H]1Nc2nc(-c3c[nH]c4ccc(Cl)cc34)ncc2CC1C. The number of aromatic nitrogens is 3. The van der Waals surface area contributed by atoms with Gasteiger partial charge in [-0.15, -0.1) is 0 Å². The first-order chi connectivity index (χ1) is 12.1. The Labute approximate surface area is 150 Å². The van der Waals surface area contributed by atoms with E-state index in [1.807, 2.05) is 37.5 Å². The molecule has 25 heavy (non-hydrogen) atoms. The third-order valence-corrected chi connectivity index (χ3v) is 4.92. The lowest BCUT2D eigenvalue weighted by molar-refractivity contribution is -0.122. The van der Waals surface area contributed by atoms with E-state index >= 15 is 0 Å². The highest BCUT2D eigenvalue weighted by molar-refractivity contribution is 6.31. The number of likely N-dealkylation sites (N-methyl/N-ethyl adjacent to an activating group) is 1. The summed E-state index contributed by atoms with van der Waals surface area (Å²) in [6, 6.07) is 5.38. The second-order valence-corrected chi connectivity index (χ2v) is 6.81. The van der Waals surface area contributed by atoms with Crippen LogP contribution in [0.2, 0.25) is 5.02 Å². The number of benzene rings is 1. The monoisotopic (exact) mass is 355 g/mol. The van der Waals surface area contributed by atoms with Crippen LogP contribution in [0.15, 0.2) is 30.6 Å². The number of H-pyrrole nitrogens is 1. The van der Waals surface area contributed by atoms with Crippen molar-refractivity contribution < 1.29 is 4.79 Å². The Morgan fingerprint density at radius 1 is 1.40 bits per heavy atom. The molecular formula is C18H18ClN5O. The van der Waals surface area contributed by atoms with Gasteiger partial charge in [0.05, 0.1) is 0 Å². The second kappa shape index (κ2) is 6.04. The Morgan fingerprint density at radius 2 is 2.24 bits per heavy atom. The normalized spacial score (nSPS) is 19.3. The Hall–Kier alpha value is -2.60. The van der Waals surface area contributed by atoms with E-state index in [0.717, 1.165) is 28.5 Å². The van der Waals surface area contributed by atoms with Crippen molar-refractivity contribution in [1.82, 2.24) is 20.3 Å². The lowest BCUT2D eigenvalue weighted by Crippen LogP contribution is -2.45. The minimum absolute atomic E-state index is 0.0304. The molecule has 1 unspecified atom stereocenters. The van der Waals surface area contributed by atoms with Crippen molar-refractivity contribution in [3.63, 3.8) is 0 Å². The average molecular weight is 356 g/mol. The number of anilines is 1. The first-order valence-corrected chi connectivity index (χ1v) is 8.55. The number of rotatable bonds is 2. The smallest absolute Gasteiger partial charge is 0.242 e. The van der Waals surface area contributed by atoms with Crippen LogP contribution in [0.1, 0.15) is 12.5 Å². The number of nitrogens with zero attached hydrogens (tertiary/aromatic N) is 2. The van der Waals surface area contributed by atoms with Crippen LogP contribution in [0.3, 0.4) is 0 Å². The molecule has 0 radical (unpaired) electrons. The first kappa shape index (κ1) is 15.9. The van der Waals surface area contributed by atoms with Gasteiger partial charge in [-0.05, 0) is 30.5 Å². The molecule has 6 nitrogen and oxygen atoms in total. The molecule has 3 N–H and O–H groups in total. The number of carbonyl (C=O) groups excluding carboxylic acids is 1. The molecule has 128 valence electrons. The van der Waals surface area contributed by atoms with Gasteiger partial charge in [0.15, 0.2) is 5.82 Å². The van der Waals surface area contributed by atoms with Gasteiger partial charge in [-0.2, -0.15) is 0 Å². The van der Waals surface area contributed by atoms with E-state index in [9.17, 15) is 4.79 Å². The maximum atomic E-state index is 12.1. The minimum atomic E-state index is -0.294. The number of hydrogen-bond donors (Lipinski definition) is 3. The molecule has 3 aromatic rings. The second-order valence-electron chi connectivity index (χ2n) is 6.38. The number of aromatic amines is 1. The Bertz CT molecular complexity index is 967. The average Bonchev–Trinajstić information content (AvgIpc) is 3.03. The molecule has 2 aromatic heterocycles. The molecule has 1 aromatic carbocycles. The van der Waals surface area contributed by atoms with E-state index in [2.05, 4.69) is 25.6 Å². The van der Waals surface area contributed by atoms with Gasteiger partial charge in [0.25, 0.3) is 0 Å². The van der Waals surface area contributed by atoms with Crippen LogP contribution in [0, 0.1) is 5.92 Å². The third-order valence-electron chi connectivity index (χ3n) is 4.68. The van der Waals surface area contributed by atoms with E-state index in [0.29, 0.717) is 16.7 Å². The lowest BCUT2D eigenvalue weighted by Gasteiger charge is -2.30. The fourth-order valence-electron chi connectivity index (χ4n) is 3.32. The Balaban J connectivity index is 1.76. The van der Waals surface area contributed by atoms with Crippen molar-refractivity contribution in [1.29, 1.82) is 0 Å². The molecule has 3 heterocycles. The van der Waals surface area contributed by atoms with Gasteiger partial charge in [-0.3, -0.25) is 4.79 Å². The van der Waals surface area contributed by atoms with Gasteiger partial charge in [-0.1, -0.05) is 18.5 Å². The molecular weight excluding hydrogens is 338 g/mol. The van der Waals surface area contributed by atoms with E-state index < -0.39 is 0 Å². The van der Waals surface area contributed by atoms with Gasteiger partial charge in [-0.25, -0.2) is 9.97 Å². The highest BCUT2D eigenvalue weighted by atomic mass is 35.5. The zero-order valence-electron chi connectivity index (χ0n) is 13.9. The summed E-state index contributed by atoms with van der Waals surface area (Å²) in [5.74, 6) is 1.46. The maximum absolute atomic E-state index is 12.1. The highest BCUT2D eigenvalue weighted by Gasteiger charge is 2.31. The quantitative estimate of drug-likeness (QED) is 0.660. The van der Waals surface area contributed by atoms with Gasteiger partial charge in [0, 0.05) is 46.5 Å². The highest BCUT2D eigenvalue weighted by Crippen LogP contribution is 2.32. The summed E-state index contributed by atoms with van der Waals surface area (Å²) in [5.41, 5.74) is 2.89. The zero-order chi connectivity index (χ0) is 17.6.